The highest BCUT2D eigenvalue weighted by atomic mass is 16.5. The van der Waals surface area contributed by atoms with Crippen LogP contribution in [0.3, 0.4) is 0 Å². The largest absolute Gasteiger partial charge is 0.497 e. The van der Waals surface area contributed by atoms with Crippen LogP contribution in [0, 0.1) is 23.7 Å². The molecule has 2 saturated carbocycles. The summed E-state index contributed by atoms with van der Waals surface area (Å²) in [5.41, 5.74) is 11.0. The van der Waals surface area contributed by atoms with Gasteiger partial charge in [-0.05, 0) is 107 Å². The van der Waals surface area contributed by atoms with Gasteiger partial charge in [-0.3, -0.25) is 0 Å². The van der Waals surface area contributed by atoms with Crippen LogP contribution in [-0.2, 0) is 15.8 Å². The summed E-state index contributed by atoms with van der Waals surface area (Å²) >= 11 is 0. The fourth-order valence-electron chi connectivity index (χ4n) is 11.3. The molecule has 1 spiro atoms. The average molecular weight is 674 g/mol. The number of ether oxygens (including phenoxy) is 3. The number of anilines is 1. The van der Waals surface area contributed by atoms with E-state index >= 15 is 0 Å². The molecule has 5 aromatic carbocycles. The van der Waals surface area contributed by atoms with Crippen molar-refractivity contribution in [3.8, 4) is 22.6 Å². The summed E-state index contributed by atoms with van der Waals surface area (Å²) in [6, 6.07) is 33.7. The summed E-state index contributed by atoms with van der Waals surface area (Å²) < 4.78 is 19.3. The van der Waals surface area contributed by atoms with Gasteiger partial charge in [-0.25, -0.2) is 0 Å². The summed E-state index contributed by atoms with van der Waals surface area (Å²) in [5.74, 6) is 2.59. The predicted molar refractivity (Wildman–Crippen MR) is 207 cm³/mol. The van der Waals surface area contributed by atoms with Gasteiger partial charge >= 0.3 is 0 Å². The Morgan fingerprint density at radius 2 is 1.59 bits per heavy atom. The number of fused-ring (bicyclic) bond motifs is 13. The van der Waals surface area contributed by atoms with Gasteiger partial charge < -0.3 is 19.1 Å². The van der Waals surface area contributed by atoms with Crippen LogP contribution in [0.4, 0.5) is 5.69 Å². The molecule has 10 rings (SSSR count). The first-order valence-electron chi connectivity index (χ1n) is 18.9. The molecule has 2 heterocycles. The number of rotatable bonds is 4. The number of hydrogen-bond acceptors (Lipinski definition) is 4. The first-order valence-corrected chi connectivity index (χ1v) is 18.9. The second kappa shape index (κ2) is 10.7. The third-order valence-corrected chi connectivity index (χ3v) is 14.4. The molecule has 4 nitrogen and oxygen atoms in total. The fraction of sp³-hybridized carbons (Fsp3) is 0.362. The summed E-state index contributed by atoms with van der Waals surface area (Å²) in [7, 11) is 1.80. The quantitative estimate of drug-likeness (QED) is 0.190. The maximum Gasteiger partial charge on any atom is 0.178 e. The number of benzene rings is 5. The Morgan fingerprint density at radius 3 is 2.29 bits per heavy atom. The highest BCUT2D eigenvalue weighted by molar-refractivity contribution is 6.09. The Hall–Kier alpha value is -4.54. The zero-order valence-corrected chi connectivity index (χ0v) is 30.5. The van der Waals surface area contributed by atoms with Gasteiger partial charge in [0.25, 0.3) is 0 Å². The molecule has 0 N–H and O–H groups in total. The zero-order chi connectivity index (χ0) is 34.8. The number of nitrogens with zero attached hydrogens (tertiary/aromatic N) is 1. The first-order chi connectivity index (χ1) is 24.7. The van der Waals surface area contributed by atoms with E-state index in [0.717, 1.165) is 55.4 Å². The molecular weight excluding hydrogens is 627 g/mol. The molecule has 5 aromatic rings. The van der Waals surface area contributed by atoms with Crippen LogP contribution in [0.25, 0.3) is 28.0 Å². The second-order valence-electron chi connectivity index (χ2n) is 16.5. The lowest BCUT2D eigenvalue weighted by Crippen LogP contribution is -2.45. The highest BCUT2D eigenvalue weighted by Crippen LogP contribution is 2.79. The summed E-state index contributed by atoms with van der Waals surface area (Å²) in [6.07, 6.45) is 8.45. The van der Waals surface area contributed by atoms with Crippen LogP contribution < -0.4 is 14.4 Å². The van der Waals surface area contributed by atoms with E-state index in [-0.39, 0.29) is 16.2 Å². The monoisotopic (exact) mass is 673 g/mol. The Labute approximate surface area is 302 Å². The zero-order valence-electron chi connectivity index (χ0n) is 30.5. The molecular formula is C47H47NO3. The van der Waals surface area contributed by atoms with Crippen molar-refractivity contribution in [3.05, 3.63) is 130 Å². The minimum Gasteiger partial charge on any atom is -0.497 e. The van der Waals surface area contributed by atoms with Crippen molar-refractivity contribution in [2.75, 3.05) is 38.3 Å². The van der Waals surface area contributed by atoms with Crippen molar-refractivity contribution in [2.45, 2.75) is 58.0 Å². The van der Waals surface area contributed by atoms with Gasteiger partial charge in [-0.15, -0.1) is 0 Å². The van der Waals surface area contributed by atoms with E-state index < -0.39 is 5.60 Å². The van der Waals surface area contributed by atoms with Crippen molar-refractivity contribution >= 4 is 22.5 Å². The first kappa shape index (κ1) is 31.2. The number of aryl methyl sites for hydroxylation is 1. The summed E-state index contributed by atoms with van der Waals surface area (Å²) in [6.45, 7) is 13.2. The van der Waals surface area contributed by atoms with Gasteiger partial charge in [-0.1, -0.05) is 93.1 Å². The fourth-order valence-corrected chi connectivity index (χ4v) is 11.3. The molecule has 1 saturated heterocycles. The van der Waals surface area contributed by atoms with Gasteiger partial charge in [0, 0.05) is 46.3 Å². The summed E-state index contributed by atoms with van der Waals surface area (Å²) in [4.78, 5) is 2.42. The standard InChI is InChI=1S/C47H47NO3/c1-30-11-17-36-39(27-30)43-38(42-41(36)37-18-16-35(49-5)28-40(37)46(42)29-33-19-21-45(46,4)44(33,2)3)20-22-47(51-43,31-9-7-6-8-10-31)32-12-14-34(15-13-32)48-23-25-50-26-24-48/h6-18,20,22,27-28,33H,19,21,23-26,29H2,1-5H3. The van der Waals surface area contributed by atoms with Gasteiger partial charge in [0.2, 0.25) is 0 Å². The topological polar surface area (TPSA) is 30.9 Å². The van der Waals surface area contributed by atoms with Crippen LogP contribution in [-0.4, -0.2) is 33.4 Å². The highest BCUT2D eigenvalue weighted by Gasteiger charge is 2.72. The van der Waals surface area contributed by atoms with Gasteiger partial charge in [0.1, 0.15) is 11.5 Å². The maximum absolute atomic E-state index is 7.74. The average Bonchev–Trinajstić information content (AvgIpc) is 3.65. The molecule has 51 heavy (non-hydrogen) atoms. The van der Waals surface area contributed by atoms with Gasteiger partial charge in [0.05, 0.1) is 20.3 Å². The lowest BCUT2D eigenvalue weighted by molar-refractivity contribution is 0.0982. The van der Waals surface area contributed by atoms with Crippen molar-refractivity contribution in [1.29, 1.82) is 0 Å². The van der Waals surface area contributed by atoms with E-state index in [9.17, 15) is 0 Å². The van der Waals surface area contributed by atoms with E-state index in [1.807, 2.05) is 0 Å². The van der Waals surface area contributed by atoms with Crippen LogP contribution in [0.2, 0.25) is 0 Å². The smallest absolute Gasteiger partial charge is 0.178 e. The van der Waals surface area contributed by atoms with Crippen LogP contribution >= 0.6 is 0 Å². The second-order valence-corrected chi connectivity index (χ2v) is 16.5. The van der Waals surface area contributed by atoms with Crippen LogP contribution in [0.5, 0.6) is 11.5 Å². The number of morpholine rings is 1. The lowest BCUT2D eigenvalue weighted by atomic mass is 9.54. The molecule has 0 aromatic heterocycles. The Balaban J connectivity index is 1.25. The lowest BCUT2D eigenvalue weighted by Gasteiger charge is -2.49. The van der Waals surface area contributed by atoms with Crippen molar-refractivity contribution in [2.24, 2.45) is 16.7 Å². The van der Waals surface area contributed by atoms with Crippen LogP contribution in [0.15, 0.2) is 97.1 Å². The van der Waals surface area contributed by atoms with Crippen molar-refractivity contribution < 1.29 is 14.2 Å². The molecule has 0 radical (unpaired) electrons. The van der Waals surface area contributed by atoms with E-state index in [4.69, 9.17) is 14.2 Å². The molecule has 2 bridgehead atoms. The Bertz CT molecular complexity index is 2250. The Kier molecular flexibility index (Phi) is 6.58. The van der Waals surface area contributed by atoms with E-state index in [2.05, 4.69) is 136 Å². The molecule has 258 valence electrons. The number of hydrogen-bond donors (Lipinski definition) is 0. The molecule has 4 atom stereocenters. The summed E-state index contributed by atoms with van der Waals surface area (Å²) in [5, 5.41) is 2.46. The minimum atomic E-state index is -0.789. The van der Waals surface area contributed by atoms with E-state index in [1.165, 1.54) is 62.7 Å². The van der Waals surface area contributed by atoms with E-state index in [0.29, 0.717) is 5.92 Å². The molecule has 3 aliphatic carbocycles. The molecule has 4 heteroatoms. The third kappa shape index (κ3) is 3.95. The predicted octanol–water partition coefficient (Wildman–Crippen LogP) is 10.5. The molecule has 3 fully saturated rings. The van der Waals surface area contributed by atoms with Gasteiger partial charge in [-0.2, -0.15) is 0 Å². The molecule has 5 aliphatic rings. The van der Waals surface area contributed by atoms with Crippen molar-refractivity contribution in [3.63, 3.8) is 0 Å². The SMILES string of the molecule is COc1ccc2c(c1)C1(CC3CCC1(C)C3(C)C)c1c3c(c4cc(C)ccc4c1-2)OC(c1ccccc1)(c1ccc(N2CCOCC2)cc1)C=C3. The molecule has 4 unspecified atom stereocenters. The molecule has 0 amide bonds. The van der Waals surface area contributed by atoms with Gasteiger partial charge in [0.15, 0.2) is 5.60 Å². The van der Waals surface area contributed by atoms with E-state index in [1.54, 1.807) is 7.11 Å². The van der Waals surface area contributed by atoms with Crippen molar-refractivity contribution in [1.82, 2.24) is 0 Å². The number of methoxy groups -OCH3 is 1. The third-order valence-electron chi connectivity index (χ3n) is 14.4. The minimum absolute atomic E-state index is 0.0697. The van der Waals surface area contributed by atoms with Crippen LogP contribution in [0.1, 0.15) is 73.4 Å². The normalized spacial score (nSPS) is 28.1. The maximum atomic E-state index is 7.74. The molecule has 2 aliphatic heterocycles. The Morgan fingerprint density at radius 1 is 0.824 bits per heavy atom.